The molecule has 1 aromatic heterocycles. The minimum atomic E-state index is -0.307. The van der Waals surface area contributed by atoms with Gasteiger partial charge in [-0.05, 0) is 42.0 Å². The lowest BCUT2D eigenvalue weighted by Gasteiger charge is -2.06. The Bertz CT molecular complexity index is 767. The van der Waals surface area contributed by atoms with E-state index in [0.29, 0.717) is 11.8 Å². The summed E-state index contributed by atoms with van der Waals surface area (Å²) in [6.07, 6.45) is 0. The number of rotatable bonds is 4. The molecule has 6 heteroatoms. The van der Waals surface area contributed by atoms with Gasteiger partial charge in [0.05, 0.1) is 0 Å². The summed E-state index contributed by atoms with van der Waals surface area (Å²) >= 11 is 0. The minimum Gasteiger partial charge on any atom is -0.459 e. The molecule has 4 nitrogen and oxygen atoms in total. The fourth-order valence-corrected chi connectivity index (χ4v) is 2.02. The summed E-state index contributed by atoms with van der Waals surface area (Å²) in [6, 6.07) is 12.4. The van der Waals surface area contributed by atoms with E-state index in [-0.39, 0.29) is 18.2 Å². The van der Waals surface area contributed by atoms with E-state index in [1.165, 1.54) is 24.3 Å². The quantitative estimate of drug-likeness (QED) is 0.742. The summed E-state index contributed by atoms with van der Waals surface area (Å²) in [7, 11) is 1.76. The van der Waals surface area contributed by atoms with Gasteiger partial charge in [-0.3, -0.25) is 4.57 Å². The molecule has 1 heterocycles. The van der Waals surface area contributed by atoms with E-state index in [9.17, 15) is 8.78 Å². The van der Waals surface area contributed by atoms with E-state index < -0.39 is 0 Å². The van der Waals surface area contributed by atoms with E-state index in [2.05, 4.69) is 10.2 Å². The van der Waals surface area contributed by atoms with Crippen LogP contribution in [-0.4, -0.2) is 14.8 Å². The number of nitrogens with zero attached hydrogens (tertiary/aromatic N) is 3. The Hall–Kier alpha value is -2.76. The van der Waals surface area contributed by atoms with Gasteiger partial charge in [0.15, 0.2) is 5.82 Å². The molecule has 0 spiro atoms. The standard InChI is InChI=1S/C16H13F2N3O/c1-21-15(12-4-8-14(18)9-5-12)19-20-16(21)22-10-11-2-6-13(17)7-3-11/h2-9H,10H2,1H3. The molecule has 112 valence electrons. The molecule has 0 bridgehead atoms. The van der Waals surface area contributed by atoms with Crippen molar-refractivity contribution in [2.45, 2.75) is 6.61 Å². The van der Waals surface area contributed by atoms with E-state index in [4.69, 9.17) is 4.74 Å². The average molecular weight is 301 g/mol. The van der Waals surface area contributed by atoms with E-state index in [0.717, 1.165) is 11.1 Å². The largest absolute Gasteiger partial charge is 0.459 e. The first-order valence-corrected chi connectivity index (χ1v) is 6.66. The molecule has 0 amide bonds. The predicted octanol–water partition coefficient (Wildman–Crippen LogP) is 3.34. The van der Waals surface area contributed by atoms with Gasteiger partial charge in [-0.2, -0.15) is 0 Å². The SMILES string of the molecule is Cn1c(OCc2ccc(F)cc2)nnc1-c1ccc(F)cc1. The van der Waals surface area contributed by atoms with E-state index in [1.807, 2.05) is 0 Å². The van der Waals surface area contributed by atoms with Crippen LogP contribution in [0.1, 0.15) is 5.56 Å². The Labute approximate surface area is 126 Å². The van der Waals surface area contributed by atoms with Crippen molar-refractivity contribution in [3.63, 3.8) is 0 Å². The van der Waals surface area contributed by atoms with Crippen LogP contribution >= 0.6 is 0 Å². The van der Waals surface area contributed by atoms with Gasteiger partial charge >= 0.3 is 6.01 Å². The zero-order chi connectivity index (χ0) is 15.5. The monoisotopic (exact) mass is 301 g/mol. The van der Waals surface area contributed by atoms with Crippen LogP contribution in [0.3, 0.4) is 0 Å². The molecule has 2 aromatic carbocycles. The molecule has 0 aliphatic heterocycles. The lowest BCUT2D eigenvalue weighted by Crippen LogP contribution is -2.02. The summed E-state index contributed by atoms with van der Waals surface area (Å²) in [5, 5.41) is 8.02. The molecule has 3 rings (SSSR count). The van der Waals surface area contributed by atoms with Crippen molar-refractivity contribution in [2.75, 3.05) is 0 Å². The van der Waals surface area contributed by atoms with Crippen LogP contribution in [0.2, 0.25) is 0 Å². The molecule has 3 aromatic rings. The summed E-state index contributed by atoms with van der Waals surface area (Å²) in [5.41, 5.74) is 1.57. The number of ether oxygens (including phenoxy) is 1. The Morgan fingerprint density at radius 2 is 1.50 bits per heavy atom. The highest BCUT2D eigenvalue weighted by molar-refractivity contribution is 5.55. The Morgan fingerprint density at radius 1 is 0.909 bits per heavy atom. The van der Waals surface area contributed by atoms with Gasteiger partial charge in [0.2, 0.25) is 0 Å². The topological polar surface area (TPSA) is 39.9 Å². The maximum absolute atomic E-state index is 13.0. The van der Waals surface area contributed by atoms with Crippen LogP contribution in [0, 0.1) is 11.6 Å². The van der Waals surface area contributed by atoms with Crippen LogP contribution in [0.4, 0.5) is 8.78 Å². The Morgan fingerprint density at radius 3 is 2.14 bits per heavy atom. The molecule has 0 aliphatic rings. The maximum atomic E-state index is 13.0. The van der Waals surface area contributed by atoms with Crippen molar-refractivity contribution in [3.8, 4) is 17.4 Å². The Balaban J connectivity index is 1.75. The number of aromatic nitrogens is 3. The summed E-state index contributed by atoms with van der Waals surface area (Å²) in [5.74, 6) is -0.0196. The zero-order valence-electron chi connectivity index (χ0n) is 11.8. The molecule has 0 aliphatic carbocycles. The molecule has 0 saturated heterocycles. The van der Waals surface area contributed by atoms with Gasteiger partial charge in [-0.25, -0.2) is 8.78 Å². The molecule has 0 saturated carbocycles. The fourth-order valence-electron chi connectivity index (χ4n) is 2.02. The second-order valence-corrected chi connectivity index (χ2v) is 4.79. The molecule has 0 radical (unpaired) electrons. The van der Waals surface area contributed by atoms with Crippen LogP contribution < -0.4 is 4.74 Å². The first-order chi connectivity index (χ1) is 10.6. The molecule has 0 N–H and O–H groups in total. The second kappa shape index (κ2) is 5.93. The van der Waals surface area contributed by atoms with Gasteiger partial charge in [-0.1, -0.05) is 17.2 Å². The van der Waals surface area contributed by atoms with Crippen molar-refractivity contribution in [2.24, 2.45) is 7.05 Å². The van der Waals surface area contributed by atoms with Gasteiger partial charge in [0.25, 0.3) is 0 Å². The van der Waals surface area contributed by atoms with Crippen LogP contribution in [0.5, 0.6) is 6.01 Å². The highest BCUT2D eigenvalue weighted by Crippen LogP contribution is 2.21. The van der Waals surface area contributed by atoms with Gasteiger partial charge in [0.1, 0.15) is 18.2 Å². The van der Waals surface area contributed by atoms with Crippen molar-refractivity contribution >= 4 is 0 Å². The van der Waals surface area contributed by atoms with Gasteiger partial charge in [0, 0.05) is 12.6 Å². The third-order valence-corrected chi connectivity index (χ3v) is 3.22. The van der Waals surface area contributed by atoms with Crippen LogP contribution in [0.15, 0.2) is 48.5 Å². The highest BCUT2D eigenvalue weighted by atomic mass is 19.1. The van der Waals surface area contributed by atoms with Gasteiger partial charge < -0.3 is 4.74 Å². The lowest BCUT2D eigenvalue weighted by atomic mass is 10.2. The first kappa shape index (κ1) is 14.2. The van der Waals surface area contributed by atoms with Crippen LogP contribution in [-0.2, 0) is 13.7 Å². The highest BCUT2D eigenvalue weighted by Gasteiger charge is 2.12. The molecule has 22 heavy (non-hydrogen) atoms. The second-order valence-electron chi connectivity index (χ2n) is 4.79. The maximum Gasteiger partial charge on any atom is 0.317 e. The number of benzene rings is 2. The average Bonchev–Trinajstić information content (AvgIpc) is 2.89. The lowest BCUT2D eigenvalue weighted by molar-refractivity contribution is 0.270. The third kappa shape index (κ3) is 2.95. The zero-order valence-corrected chi connectivity index (χ0v) is 11.8. The van der Waals surface area contributed by atoms with Crippen molar-refractivity contribution < 1.29 is 13.5 Å². The predicted molar refractivity (Wildman–Crippen MR) is 77.1 cm³/mol. The van der Waals surface area contributed by atoms with Crippen molar-refractivity contribution in [1.29, 1.82) is 0 Å². The first-order valence-electron chi connectivity index (χ1n) is 6.66. The smallest absolute Gasteiger partial charge is 0.317 e. The van der Waals surface area contributed by atoms with Crippen molar-refractivity contribution in [3.05, 3.63) is 65.7 Å². The molecule has 0 unspecified atom stereocenters. The summed E-state index contributed by atoms with van der Waals surface area (Å²) in [6.45, 7) is 0.260. The van der Waals surface area contributed by atoms with E-state index >= 15 is 0 Å². The summed E-state index contributed by atoms with van der Waals surface area (Å²) < 4.78 is 33.0. The van der Waals surface area contributed by atoms with Gasteiger partial charge in [-0.15, -0.1) is 5.10 Å². The molecule has 0 atom stereocenters. The molecule has 0 fully saturated rings. The minimum absolute atomic E-state index is 0.260. The molecular weight excluding hydrogens is 288 g/mol. The number of hydrogen-bond donors (Lipinski definition) is 0. The van der Waals surface area contributed by atoms with Crippen molar-refractivity contribution in [1.82, 2.24) is 14.8 Å². The van der Waals surface area contributed by atoms with Crippen LogP contribution in [0.25, 0.3) is 11.4 Å². The number of halogens is 2. The third-order valence-electron chi connectivity index (χ3n) is 3.22. The normalized spacial score (nSPS) is 10.7. The van der Waals surface area contributed by atoms with E-state index in [1.54, 1.807) is 35.9 Å². The number of hydrogen-bond acceptors (Lipinski definition) is 3. The summed E-state index contributed by atoms with van der Waals surface area (Å²) in [4.78, 5) is 0. The molecular formula is C16H13F2N3O. The Kier molecular flexibility index (Phi) is 3.82. The fraction of sp³-hybridized carbons (Fsp3) is 0.125.